The summed E-state index contributed by atoms with van der Waals surface area (Å²) >= 11 is 0. The van der Waals surface area contributed by atoms with E-state index in [0.29, 0.717) is 50.0 Å². The molecule has 0 radical (unpaired) electrons. The number of aromatic nitrogens is 3. The number of rotatable bonds is 6. The molecule has 0 aromatic carbocycles. The van der Waals surface area contributed by atoms with Crippen LogP contribution in [-0.2, 0) is 0 Å². The van der Waals surface area contributed by atoms with Gasteiger partial charge in [-0.2, -0.15) is 5.10 Å². The lowest BCUT2D eigenvalue weighted by Crippen LogP contribution is -2.51. The monoisotopic (exact) mass is 438 g/mol. The molecule has 3 amide bonds. The van der Waals surface area contributed by atoms with E-state index >= 15 is 0 Å². The number of carbonyl (C=O) groups is 2. The first-order valence-corrected chi connectivity index (χ1v) is 11.4. The van der Waals surface area contributed by atoms with Crippen LogP contribution in [-0.4, -0.2) is 69.7 Å². The SMILES string of the molecule is O=C(Nc1cccnn1)N1CCN(C(=O)c2ccc(OCCC3CCCCC3)cn2)CC1. The molecule has 0 unspecified atom stereocenters. The van der Waals surface area contributed by atoms with E-state index in [1.807, 2.05) is 6.07 Å². The summed E-state index contributed by atoms with van der Waals surface area (Å²) < 4.78 is 5.83. The maximum atomic E-state index is 12.8. The van der Waals surface area contributed by atoms with Gasteiger partial charge in [0.05, 0.1) is 12.8 Å². The molecule has 2 aromatic rings. The van der Waals surface area contributed by atoms with Gasteiger partial charge in [0.15, 0.2) is 5.82 Å². The first-order chi connectivity index (χ1) is 15.7. The minimum Gasteiger partial charge on any atom is -0.492 e. The lowest BCUT2D eigenvalue weighted by atomic mass is 9.87. The first-order valence-electron chi connectivity index (χ1n) is 11.4. The first kappa shape index (κ1) is 22.0. The summed E-state index contributed by atoms with van der Waals surface area (Å²) in [5.41, 5.74) is 0.391. The van der Waals surface area contributed by atoms with Crippen molar-refractivity contribution in [1.82, 2.24) is 25.0 Å². The highest BCUT2D eigenvalue weighted by Crippen LogP contribution is 2.26. The van der Waals surface area contributed by atoms with Gasteiger partial charge in [-0.15, -0.1) is 5.10 Å². The Kier molecular flexibility index (Phi) is 7.47. The van der Waals surface area contributed by atoms with Crippen molar-refractivity contribution in [3.63, 3.8) is 0 Å². The molecule has 3 heterocycles. The molecule has 32 heavy (non-hydrogen) atoms. The number of piperazine rings is 1. The average molecular weight is 439 g/mol. The van der Waals surface area contributed by atoms with Crippen molar-refractivity contribution in [3.05, 3.63) is 42.4 Å². The highest BCUT2D eigenvalue weighted by Gasteiger charge is 2.25. The highest BCUT2D eigenvalue weighted by atomic mass is 16.5. The van der Waals surface area contributed by atoms with Gasteiger partial charge in [0, 0.05) is 32.4 Å². The highest BCUT2D eigenvalue weighted by molar-refractivity contribution is 5.93. The molecule has 2 fully saturated rings. The minimum atomic E-state index is -0.245. The lowest BCUT2D eigenvalue weighted by molar-refractivity contribution is 0.0665. The van der Waals surface area contributed by atoms with Gasteiger partial charge >= 0.3 is 6.03 Å². The summed E-state index contributed by atoms with van der Waals surface area (Å²) in [6.45, 7) is 2.49. The molecule has 1 N–H and O–H groups in total. The van der Waals surface area contributed by atoms with Gasteiger partial charge in [-0.25, -0.2) is 9.78 Å². The Morgan fingerprint density at radius 2 is 1.81 bits per heavy atom. The van der Waals surface area contributed by atoms with Gasteiger partial charge in [0.2, 0.25) is 0 Å². The zero-order valence-electron chi connectivity index (χ0n) is 18.3. The summed E-state index contributed by atoms with van der Waals surface area (Å²) in [7, 11) is 0. The Hall–Kier alpha value is -3.23. The van der Waals surface area contributed by atoms with Crippen LogP contribution in [0.25, 0.3) is 0 Å². The van der Waals surface area contributed by atoms with Crippen molar-refractivity contribution in [2.75, 3.05) is 38.1 Å². The van der Waals surface area contributed by atoms with Crippen molar-refractivity contribution in [2.45, 2.75) is 38.5 Å². The van der Waals surface area contributed by atoms with Gasteiger partial charge in [0.1, 0.15) is 11.4 Å². The number of ether oxygens (including phenoxy) is 1. The van der Waals surface area contributed by atoms with Crippen molar-refractivity contribution in [2.24, 2.45) is 5.92 Å². The fraction of sp³-hybridized carbons (Fsp3) is 0.522. The molecule has 4 rings (SSSR count). The molecule has 0 bridgehead atoms. The number of amides is 3. The van der Waals surface area contributed by atoms with E-state index in [1.54, 1.807) is 40.4 Å². The number of hydrogen-bond acceptors (Lipinski definition) is 6. The molecule has 0 atom stereocenters. The van der Waals surface area contributed by atoms with Crippen LogP contribution in [0, 0.1) is 5.92 Å². The number of nitrogens with one attached hydrogen (secondary N) is 1. The third kappa shape index (κ3) is 5.93. The molecular weight excluding hydrogens is 408 g/mol. The molecule has 1 aliphatic carbocycles. The molecule has 0 spiro atoms. The third-order valence-electron chi connectivity index (χ3n) is 6.14. The van der Waals surface area contributed by atoms with Gasteiger partial charge in [-0.05, 0) is 36.6 Å². The van der Waals surface area contributed by atoms with E-state index in [9.17, 15) is 9.59 Å². The van der Waals surface area contributed by atoms with Crippen LogP contribution in [0.5, 0.6) is 5.75 Å². The lowest BCUT2D eigenvalue weighted by Gasteiger charge is -2.34. The van der Waals surface area contributed by atoms with Crippen LogP contribution >= 0.6 is 0 Å². The Bertz CT molecular complexity index is 878. The molecule has 2 aromatic heterocycles. The summed E-state index contributed by atoms with van der Waals surface area (Å²) in [5.74, 6) is 1.75. The van der Waals surface area contributed by atoms with Crippen molar-refractivity contribution >= 4 is 17.8 Å². The molecule has 1 aliphatic heterocycles. The molecule has 2 aliphatic rings. The maximum absolute atomic E-state index is 12.8. The second kappa shape index (κ2) is 10.9. The zero-order valence-corrected chi connectivity index (χ0v) is 18.3. The summed E-state index contributed by atoms with van der Waals surface area (Å²) in [6, 6.07) is 6.67. The number of anilines is 1. The fourth-order valence-electron chi connectivity index (χ4n) is 4.24. The van der Waals surface area contributed by atoms with E-state index in [4.69, 9.17) is 4.74 Å². The van der Waals surface area contributed by atoms with Crippen LogP contribution in [0.4, 0.5) is 10.6 Å². The van der Waals surface area contributed by atoms with Crippen molar-refractivity contribution in [1.29, 1.82) is 0 Å². The second-order valence-corrected chi connectivity index (χ2v) is 8.34. The molecule has 170 valence electrons. The second-order valence-electron chi connectivity index (χ2n) is 8.34. The van der Waals surface area contributed by atoms with Crippen LogP contribution in [0.2, 0.25) is 0 Å². The largest absolute Gasteiger partial charge is 0.492 e. The topological polar surface area (TPSA) is 101 Å². The normalized spacial score (nSPS) is 17.1. The standard InChI is InChI=1S/C23H30N6O3/c30-22(20-9-8-19(17-24-20)32-16-10-18-5-2-1-3-6-18)28-12-14-29(15-13-28)23(31)26-21-7-4-11-25-27-21/h4,7-9,11,17-18H,1-3,5-6,10,12-16H2,(H,26,27,31). The van der Waals surface area contributed by atoms with Gasteiger partial charge in [-0.3, -0.25) is 10.1 Å². The Balaban J connectivity index is 1.21. The smallest absolute Gasteiger partial charge is 0.323 e. The Morgan fingerprint density at radius 3 is 2.50 bits per heavy atom. The van der Waals surface area contributed by atoms with Crippen LogP contribution < -0.4 is 10.1 Å². The third-order valence-corrected chi connectivity index (χ3v) is 6.14. The number of nitrogens with zero attached hydrogens (tertiary/aromatic N) is 5. The maximum Gasteiger partial charge on any atom is 0.323 e. The molecule has 1 saturated carbocycles. The van der Waals surface area contributed by atoms with E-state index < -0.39 is 0 Å². The van der Waals surface area contributed by atoms with Gasteiger partial charge < -0.3 is 14.5 Å². The predicted octanol–water partition coefficient (Wildman–Crippen LogP) is 3.21. The summed E-state index contributed by atoms with van der Waals surface area (Å²) in [4.78, 5) is 32.8. The molecule has 9 heteroatoms. The van der Waals surface area contributed by atoms with E-state index in [1.165, 1.54) is 32.1 Å². The molecular formula is C23H30N6O3. The predicted molar refractivity (Wildman–Crippen MR) is 119 cm³/mol. The Labute approximate surface area is 188 Å². The van der Waals surface area contributed by atoms with E-state index in [-0.39, 0.29) is 11.9 Å². The fourth-order valence-corrected chi connectivity index (χ4v) is 4.24. The minimum absolute atomic E-state index is 0.132. The van der Waals surface area contributed by atoms with Crippen molar-refractivity contribution < 1.29 is 14.3 Å². The number of carbonyl (C=O) groups excluding carboxylic acids is 2. The summed E-state index contributed by atoms with van der Waals surface area (Å²) in [5, 5.41) is 10.3. The molecule has 9 nitrogen and oxygen atoms in total. The van der Waals surface area contributed by atoms with Gasteiger partial charge in [-0.1, -0.05) is 32.1 Å². The zero-order chi connectivity index (χ0) is 22.2. The average Bonchev–Trinajstić information content (AvgIpc) is 2.85. The summed E-state index contributed by atoms with van der Waals surface area (Å²) in [6.07, 6.45) is 10.9. The Morgan fingerprint density at radius 1 is 1.03 bits per heavy atom. The van der Waals surface area contributed by atoms with Crippen LogP contribution in [0.3, 0.4) is 0 Å². The van der Waals surface area contributed by atoms with Gasteiger partial charge in [0.25, 0.3) is 5.91 Å². The van der Waals surface area contributed by atoms with Crippen LogP contribution in [0.15, 0.2) is 36.7 Å². The number of pyridine rings is 1. The van der Waals surface area contributed by atoms with Crippen molar-refractivity contribution in [3.8, 4) is 5.75 Å². The quantitative estimate of drug-likeness (QED) is 0.743. The van der Waals surface area contributed by atoms with E-state index in [2.05, 4.69) is 20.5 Å². The molecule has 1 saturated heterocycles. The number of urea groups is 1. The number of hydrogen-bond donors (Lipinski definition) is 1. The van der Waals surface area contributed by atoms with E-state index in [0.717, 1.165) is 12.3 Å². The van der Waals surface area contributed by atoms with Crippen LogP contribution in [0.1, 0.15) is 49.0 Å².